The Hall–Kier alpha value is -1.44. The molecule has 2 saturated heterocycles. The molecule has 0 aromatic heterocycles. The van der Waals surface area contributed by atoms with Gasteiger partial charge in [-0.1, -0.05) is 38.8 Å². The van der Waals surface area contributed by atoms with Crippen LogP contribution < -0.4 is 0 Å². The molecule has 3 fully saturated rings. The van der Waals surface area contributed by atoms with Gasteiger partial charge in [-0.3, -0.25) is 9.69 Å². The number of benzene rings is 1. The molecule has 6 nitrogen and oxygen atoms in total. The molecule has 3 aliphatic rings. The maximum atomic E-state index is 13.0. The molecule has 1 aromatic carbocycles. The molecule has 0 atom stereocenters. The van der Waals surface area contributed by atoms with Gasteiger partial charge in [0.1, 0.15) is 0 Å². The van der Waals surface area contributed by atoms with E-state index in [-0.39, 0.29) is 11.8 Å². The van der Waals surface area contributed by atoms with Gasteiger partial charge < -0.3 is 4.90 Å². The first-order valence-corrected chi connectivity index (χ1v) is 13.4. The Morgan fingerprint density at radius 1 is 0.871 bits per heavy atom. The molecule has 1 aliphatic carbocycles. The third-order valence-electron chi connectivity index (χ3n) is 7.45. The number of carbonyl (C=O) groups is 1. The minimum atomic E-state index is -3.49. The van der Waals surface area contributed by atoms with Crippen LogP contribution in [0.3, 0.4) is 0 Å². The number of carbonyl (C=O) groups excluding carboxylic acids is 1. The topological polar surface area (TPSA) is 60.9 Å². The lowest BCUT2D eigenvalue weighted by molar-refractivity contribution is -0.138. The van der Waals surface area contributed by atoms with Crippen molar-refractivity contribution in [3.05, 3.63) is 29.8 Å². The second-order valence-corrected chi connectivity index (χ2v) is 11.6. The van der Waals surface area contributed by atoms with Gasteiger partial charge in [0.2, 0.25) is 15.9 Å². The molecule has 172 valence electrons. The van der Waals surface area contributed by atoms with Crippen LogP contribution in [0.5, 0.6) is 0 Å². The summed E-state index contributed by atoms with van der Waals surface area (Å²) >= 11 is 0. The smallest absolute Gasteiger partial charge is 0.243 e. The predicted octanol–water partition coefficient (Wildman–Crippen LogP) is 3.30. The van der Waals surface area contributed by atoms with Crippen molar-refractivity contribution in [3.63, 3.8) is 0 Å². The van der Waals surface area contributed by atoms with Crippen LogP contribution in [0.15, 0.2) is 29.2 Å². The number of hydrogen-bond acceptors (Lipinski definition) is 4. The summed E-state index contributed by atoms with van der Waals surface area (Å²) in [6.07, 6.45) is 6.53. The number of hydrogen-bond donors (Lipinski definition) is 0. The summed E-state index contributed by atoms with van der Waals surface area (Å²) < 4.78 is 27.6. The molecular formula is C24H37N3O3S. The van der Waals surface area contributed by atoms with Crippen LogP contribution in [-0.4, -0.2) is 73.7 Å². The monoisotopic (exact) mass is 447 g/mol. The van der Waals surface area contributed by atoms with Crippen molar-refractivity contribution in [2.24, 2.45) is 5.92 Å². The summed E-state index contributed by atoms with van der Waals surface area (Å²) in [7, 11) is -3.49. The van der Waals surface area contributed by atoms with Crippen LogP contribution in [0.25, 0.3) is 0 Å². The summed E-state index contributed by atoms with van der Waals surface area (Å²) in [5.41, 5.74) is 1.14. The Bertz CT molecular complexity index is 847. The van der Waals surface area contributed by atoms with Gasteiger partial charge in [-0.25, -0.2) is 8.42 Å². The first kappa shape index (κ1) is 22.7. The van der Waals surface area contributed by atoms with Gasteiger partial charge in [0.25, 0.3) is 0 Å². The Labute approximate surface area is 187 Å². The normalized spacial score (nSPS) is 23.0. The zero-order valence-corrected chi connectivity index (χ0v) is 19.8. The predicted molar refractivity (Wildman–Crippen MR) is 122 cm³/mol. The minimum Gasteiger partial charge on any atom is -0.340 e. The van der Waals surface area contributed by atoms with E-state index < -0.39 is 10.0 Å². The lowest BCUT2D eigenvalue weighted by Gasteiger charge is -2.40. The second kappa shape index (κ2) is 9.59. The van der Waals surface area contributed by atoms with Gasteiger partial charge in [0.05, 0.1) is 4.90 Å². The number of piperidine rings is 1. The van der Waals surface area contributed by atoms with Gasteiger partial charge in [0.15, 0.2) is 0 Å². The lowest BCUT2D eigenvalue weighted by atomic mass is 9.96. The molecule has 1 amide bonds. The van der Waals surface area contributed by atoms with Crippen LogP contribution in [0, 0.1) is 5.92 Å². The molecule has 7 heteroatoms. The first-order chi connectivity index (χ1) is 14.9. The van der Waals surface area contributed by atoms with E-state index >= 15 is 0 Å². The molecule has 2 heterocycles. The number of nitrogens with zero attached hydrogens (tertiary/aromatic N) is 3. The molecular weight excluding hydrogens is 410 g/mol. The first-order valence-electron chi connectivity index (χ1n) is 12.0. The maximum absolute atomic E-state index is 13.0. The Morgan fingerprint density at radius 2 is 1.45 bits per heavy atom. The fourth-order valence-electron chi connectivity index (χ4n) is 5.35. The highest BCUT2D eigenvalue weighted by atomic mass is 32.2. The van der Waals surface area contributed by atoms with Crippen LogP contribution in [-0.2, 0) is 14.8 Å². The number of sulfonamides is 1. The molecule has 0 bridgehead atoms. The molecule has 1 aromatic rings. The van der Waals surface area contributed by atoms with Crippen molar-refractivity contribution in [1.82, 2.24) is 14.1 Å². The number of piperazine rings is 1. The molecule has 0 spiro atoms. The second-order valence-electron chi connectivity index (χ2n) is 9.70. The van der Waals surface area contributed by atoms with E-state index in [1.54, 1.807) is 16.4 Å². The summed E-state index contributed by atoms with van der Waals surface area (Å²) in [4.78, 5) is 18.0. The van der Waals surface area contributed by atoms with Crippen LogP contribution in [0.2, 0.25) is 0 Å². The van der Waals surface area contributed by atoms with Crippen LogP contribution >= 0.6 is 0 Å². The van der Waals surface area contributed by atoms with E-state index in [1.165, 1.54) is 25.7 Å². The van der Waals surface area contributed by atoms with Gasteiger partial charge in [-0.05, 0) is 49.3 Å². The van der Waals surface area contributed by atoms with E-state index in [4.69, 9.17) is 0 Å². The van der Waals surface area contributed by atoms with Crippen molar-refractivity contribution in [1.29, 1.82) is 0 Å². The fourth-order valence-corrected chi connectivity index (χ4v) is 6.82. The zero-order valence-electron chi connectivity index (χ0n) is 19.0. The molecule has 1 saturated carbocycles. The zero-order chi connectivity index (χ0) is 22.0. The highest BCUT2D eigenvalue weighted by molar-refractivity contribution is 7.89. The Balaban J connectivity index is 1.29. The van der Waals surface area contributed by atoms with E-state index in [0.717, 1.165) is 37.8 Å². The summed E-state index contributed by atoms with van der Waals surface area (Å²) in [5.74, 6) is 0.552. The highest BCUT2D eigenvalue weighted by Crippen LogP contribution is 2.28. The average Bonchev–Trinajstić information content (AvgIpc) is 3.34. The van der Waals surface area contributed by atoms with Crippen LogP contribution in [0.1, 0.15) is 63.9 Å². The number of amides is 1. The van der Waals surface area contributed by atoms with Gasteiger partial charge in [-0.2, -0.15) is 4.31 Å². The molecule has 0 unspecified atom stereocenters. The van der Waals surface area contributed by atoms with Crippen molar-refractivity contribution in [3.8, 4) is 0 Å². The SMILES string of the molecule is CC(C)c1ccc(S(=O)(=O)N2CCC(C(=O)N3CCN(C4CCCC4)CC3)CC2)cc1. The largest absolute Gasteiger partial charge is 0.340 e. The Morgan fingerprint density at radius 3 is 2.00 bits per heavy atom. The summed E-state index contributed by atoms with van der Waals surface area (Å²) in [6, 6.07) is 7.95. The fraction of sp³-hybridized carbons (Fsp3) is 0.708. The average molecular weight is 448 g/mol. The molecule has 31 heavy (non-hydrogen) atoms. The van der Waals surface area contributed by atoms with E-state index in [1.807, 2.05) is 17.0 Å². The van der Waals surface area contributed by atoms with E-state index in [2.05, 4.69) is 18.7 Å². The quantitative estimate of drug-likeness (QED) is 0.695. The van der Waals surface area contributed by atoms with Crippen molar-refractivity contribution >= 4 is 15.9 Å². The summed E-state index contributed by atoms with van der Waals surface area (Å²) in [6.45, 7) is 8.64. The van der Waals surface area contributed by atoms with Crippen LogP contribution in [0.4, 0.5) is 0 Å². The number of rotatable bonds is 5. The Kier molecular flexibility index (Phi) is 7.04. The van der Waals surface area contributed by atoms with Gasteiger partial charge in [0, 0.05) is 51.2 Å². The standard InChI is InChI=1S/C24H37N3O3S/c1-19(2)20-7-9-23(10-8-20)31(29,30)27-13-11-21(12-14-27)24(28)26-17-15-25(16-18-26)22-5-3-4-6-22/h7-10,19,21-22H,3-6,11-18H2,1-2H3. The minimum absolute atomic E-state index is 0.0483. The van der Waals surface area contributed by atoms with Crippen molar-refractivity contribution < 1.29 is 13.2 Å². The lowest BCUT2D eigenvalue weighted by Crippen LogP contribution is -2.53. The molecule has 2 aliphatic heterocycles. The van der Waals surface area contributed by atoms with Gasteiger partial charge in [-0.15, -0.1) is 0 Å². The molecule has 4 rings (SSSR count). The van der Waals surface area contributed by atoms with Crippen molar-refractivity contribution in [2.75, 3.05) is 39.3 Å². The van der Waals surface area contributed by atoms with Crippen molar-refractivity contribution in [2.45, 2.75) is 69.2 Å². The highest BCUT2D eigenvalue weighted by Gasteiger charge is 2.35. The molecule has 0 N–H and O–H groups in total. The molecule has 0 radical (unpaired) electrons. The maximum Gasteiger partial charge on any atom is 0.243 e. The third-order valence-corrected chi connectivity index (χ3v) is 9.37. The summed E-state index contributed by atoms with van der Waals surface area (Å²) in [5, 5.41) is 0. The third kappa shape index (κ3) is 4.99. The van der Waals surface area contributed by atoms with E-state index in [9.17, 15) is 13.2 Å². The van der Waals surface area contributed by atoms with E-state index in [0.29, 0.717) is 36.7 Å². The van der Waals surface area contributed by atoms with Gasteiger partial charge >= 0.3 is 0 Å².